The minimum atomic E-state index is -3.22. The molecule has 0 amide bonds. The second-order valence-electron chi connectivity index (χ2n) is 7.09. The van der Waals surface area contributed by atoms with Crippen molar-refractivity contribution in [1.29, 1.82) is 0 Å². The number of benzene rings is 1. The lowest BCUT2D eigenvalue weighted by atomic mass is 10.00. The molecule has 0 radical (unpaired) electrons. The summed E-state index contributed by atoms with van der Waals surface area (Å²) in [6.07, 6.45) is 3.04. The fraction of sp³-hybridized carbons (Fsp3) is 0.500. The molecule has 26 heavy (non-hydrogen) atoms. The van der Waals surface area contributed by atoms with Crippen molar-refractivity contribution < 1.29 is 8.42 Å². The number of anilines is 2. The maximum Gasteiger partial charge on any atom is 0.232 e. The van der Waals surface area contributed by atoms with Crippen LogP contribution in [0.4, 0.5) is 10.8 Å². The molecule has 0 unspecified atom stereocenters. The number of likely N-dealkylation sites (N-methyl/N-ethyl adjacent to an activating group) is 1. The van der Waals surface area contributed by atoms with Crippen molar-refractivity contribution >= 4 is 32.2 Å². The average molecular weight is 393 g/mol. The van der Waals surface area contributed by atoms with Gasteiger partial charge in [0.2, 0.25) is 10.0 Å². The quantitative estimate of drug-likeness (QED) is 0.802. The maximum absolute atomic E-state index is 12.0. The zero-order chi connectivity index (χ0) is 18.3. The number of thiazole rings is 1. The number of nitrogens with zero attached hydrogens (tertiary/aromatic N) is 4. The molecule has 1 aromatic heterocycles. The van der Waals surface area contributed by atoms with Gasteiger partial charge in [0.1, 0.15) is 0 Å². The third-order valence-corrected chi connectivity index (χ3v) is 7.20. The summed E-state index contributed by atoms with van der Waals surface area (Å²) < 4.78 is 25.5. The molecule has 4 rings (SSSR count). The van der Waals surface area contributed by atoms with Crippen LogP contribution in [-0.2, 0) is 16.4 Å². The van der Waals surface area contributed by atoms with E-state index in [4.69, 9.17) is 4.98 Å². The standard InChI is InChI=1S/C18H24N4O2S2/c1-20-8-10-21(11-9-20)18-19-16(13-25-18)14-5-6-17-15(12-14)4-3-7-22(17)26(2,23)24/h5-6,12-13H,3-4,7-11H2,1-2H3. The van der Waals surface area contributed by atoms with E-state index in [-0.39, 0.29) is 0 Å². The number of rotatable bonds is 3. The Hall–Kier alpha value is -1.64. The normalized spacial score (nSPS) is 18.8. The van der Waals surface area contributed by atoms with E-state index in [1.54, 1.807) is 11.3 Å². The molecular formula is C18H24N4O2S2. The molecule has 6 nitrogen and oxygen atoms in total. The van der Waals surface area contributed by atoms with E-state index in [0.717, 1.165) is 66.7 Å². The van der Waals surface area contributed by atoms with Gasteiger partial charge in [-0.1, -0.05) is 6.07 Å². The fourth-order valence-corrected chi connectivity index (χ4v) is 5.49. The van der Waals surface area contributed by atoms with Gasteiger partial charge in [0.05, 0.1) is 17.6 Å². The zero-order valence-electron chi connectivity index (χ0n) is 15.2. The van der Waals surface area contributed by atoms with E-state index < -0.39 is 10.0 Å². The van der Waals surface area contributed by atoms with Crippen LogP contribution in [0.15, 0.2) is 23.6 Å². The topological polar surface area (TPSA) is 56.8 Å². The van der Waals surface area contributed by atoms with Crippen LogP contribution in [-0.4, -0.2) is 64.3 Å². The van der Waals surface area contributed by atoms with Crippen LogP contribution in [0.1, 0.15) is 12.0 Å². The van der Waals surface area contributed by atoms with Gasteiger partial charge in [-0.05, 0) is 37.6 Å². The monoisotopic (exact) mass is 392 g/mol. The minimum absolute atomic E-state index is 0.565. The molecule has 2 aromatic rings. The van der Waals surface area contributed by atoms with Gasteiger partial charge in [0.25, 0.3) is 0 Å². The summed E-state index contributed by atoms with van der Waals surface area (Å²) in [5.74, 6) is 0. The number of aryl methyl sites for hydroxylation is 1. The highest BCUT2D eigenvalue weighted by molar-refractivity contribution is 7.92. The minimum Gasteiger partial charge on any atom is -0.346 e. The molecule has 3 heterocycles. The Labute approximate surface area is 159 Å². The van der Waals surface area contributed by atoms with Crippen molar-refractivity contribution in [2.75, 3.05) is 55.2 Å². The summed E-state index contributed by atoms with van der Waals surface area (Å²) in [7, 11) is -1.07. The molecule has 0 saturated carbocycles. The van der Waals surface area contributed by atoms with Crippen LogP contribution in [0.2, 0.25) is 0 Å². The predicted octanol–water partition coefficient (Wildman–Crippen LogP) is 2.27. The lowest BCUT2D eigenvalue weighted by Crippen LogP contribution is -2.44. The number of aromatic nitrogens is 1. The molecular weight excluding hydrogens is 368 g/mol. The first-order valence-corrected chi connectivity index (χ1v) is 11.6. The number of hydrogen-bond acceptors (Lipinski definition) is 6. The van der Waals surface area contributed by atoms with E-state index in [1.807, 2.05) is 12.1 Å². The molecule has 2 aliphatic heterocycles. The molecule has 1 fully saturated rings. The van der Waals surface area contributed by atoms with Gasteiger partial charge in [-0.25, -0.2) is 13.4 Å². The summed E-state index contributed by atoms with van der Waals surface area (Å²) in [5, 5.41) is 3.18. The third-order valence-electron chi connectivity index (χ3n) is 5.12. The Morgan fingerprint density at radius 1 is 1.12 bits per heavy atom. The van der Waals surface area contributed by atoms with Gasteiger partial charge in [-0.3, -0.25) is 4.31 Å². The third kappa shape index (κ3) is 3.45. The summed E-state index contributed by atoms with van der Waals surface area (Å²) in [4.78, 5) is 9.52. The average Bonchev–Trinajstić information content (AvgIpc) is 3.10. The number of hydrogen-bond donors (Lipinski definition) is 0. The molecule has 0 bridgehead atoms. The van der Waals surface area contributed by atoms with Crippen LogP contribution in [0.25, 0.3) is 11.3 Å². The lowest BCUT2D eigenvalue weighted by molar-refractivity contribution is 0.313. The molecule has 0 aliphatic carbocycles. The molecule has 0 atom stereocenters. The van der Waals surface area contributed by atoms with Crippen molar-refractivity contribution in [3.05, 3.63) is 29.1 Å². The second kappa shape index (κ2) is 6.83. The molecule has 8 heteroatoms. The number of fused-ring (bicyclic) bond motifs is 1. The van der Waals surface area contributed by atoms with Gasteiger partial charge in [-0.15, -0.1) is 11.3 Å². The van der Waals surface area contributed by atoms with Crippen molar-refractivity contribution in [1.82, 2.24) is 9.88 Å². The van der Waals surface area contributed by atoms with E-state index in [0.29, 0.717) is 6.54 Å². The van der Waals surface area contributed by atoms with Crippen LogP contribution in [0.5, 0.6) is 0 Å². The largest absolute Gasteiger partial charge is 0.346 e. The van der Waals surface area contributed by atoms with E-state index in [1.165, 1.54) is 10.6 Å². The predicted molar refractivity (Wildman–Crippen MR) is 108 cm³/mol. The van der Waals surface area contributed by atoms with E-state index >= 15 is 0 Å². The number of piperazine rings is 1. The first-order chi connectivity index (χ1) is 12.4. The van der Waals surface area contributed by atoms with Gasteiger partial charge in [-0.2, -0.15) is 0 Å². The molecule has 140 valence electrons. The van der Waals surface area contributed by atoms with Crippen LogP contribution >= 0.6 is 11.3 Å². The molecule has 1 aromatic carbocycles. The Balaban J connectivity index is 1.60. The Morgan fingerprint density at radius 3 is 2.62 bits per heavy atom. The van der Waals surface area contributed by atoms with Crippen molar-refractivity contribution in [3.8, 4) is 11.3 Å². The zero-order valence-corrected chi connectivity index (χ0v) is 16.8. The van der Waals surface area contributed by atoms with Crippen molar-refractivity contribution in [2.24, 2.45) is 0 Å². The molecule has 0 spiro atoms. The van der Waals surface area contributed by atoms with Crippen LogP contribution in [0, 0.1) is 0 Å². The Morgan fingerprint density at radius 2 is 1.88 bits per heavy atom. The van der Waals surface area contributed by atoms with Gasteiger partial charge < -0.3 is 9.80 Å². The van der Waals surface area contributed by atoms with Gasteiger partial charge in [0, 0.05) is 43.7 Å². The molecule has 2 aliphatic rings. The Kier molecular flexibility index (Phi) is 4.66. The summed E-state index contributed by atoms with van der Waals surface area (Å²) in [5.41, 5.74) is 3.95. The summed E-state index contributed by atoms with van der Waals surface area (Å²) in [6.45, 7) is 4.72. The highest BCUT2D eigenvalue weighted by Crippen LogP contribution is 2.34. The molecule has 0 N–H and O–H groups in total. The van der Waals surface area contributed by atoms with Gasteiger partial charge >= 0.3 is 0 Å². The van der Waals surface area contributed by atoms with Crippen LogP contribution in [0.3, 0.4) is 0 Å². The van der Waals surface area contributed by atoms with Gasteiger partial charge in [0.15, 0.2) is 5.13 Å². The van der Waals surface area contributed by atoms with Crippen molar-refractivity contribution in [3.63, 3.8) is 0 Å². The number of sulfonamides is 1. The van der Waals surface area contributed by atoms with E-state index in [9.17, 15) is 8.42 Å². The molecule has 1 saturated heterocycles. The highest BCUT2D eigenvalue weighted by atomic mass is 32.2. The first kappa shape index (κ1) is 17.8. The smallest absolute Gasteiger partial charge is 0.232 e. The highest BCUT2D eigenvalue weighted by Gasteiger charge is 2.24. The van der Waals surface area contributed by atoms with E-state index in [2.05, 4.69) is 28.3 Å². The maximum atomic E-state index is 12.0. The lowest BCUT2D eigenvalue weighted by Gasteiger charge is -2.32. The first-order valence-electron chi connectivity index (χ1n) is 8.92. The fourth-order valence-electron chi connectivity index (χ4n) is 3.61. The SMILES string of the molecule is CN1CCN(c2nc(-c3ccc4c(c3)CCCN4S(C)(=O)=O)cs2)CC1. The summed E-state index contributed by atoms with van der Waals surface area (Å²) >= 11 is 1.68. The van der Waals surface area contributed by atoms with Crippen LogP contribution < -0.4 is 9.21 Å². The second-order valence-corrected chi connectivity index (χ2v) is 9.83. The Bertz CT molecular complexity index is 902. The summed E-state index contributed by atoms with van der Waals surface area (Å²) in [6, 6.07) is 6.03. The van der Waals surface area contributed by atoms with Crippen molar-refractivity contribution in [2.45, 2.75) is 12.8 Å².